The molecule has 0 saturated heterocycles. The molecule has 0 radical (unpaired) electrons. The lowest BCUT2D eigenvalue weighted by molar-refractivity contribution is 0.102. The number of nitrogens with zero attached hydrogens (tertiary/aromatic N) is 1. The Morgan fingerprint density at radius 3 is 2.55 bits per heavy atom. The minimum atomic E-state index is -0.453. The number of amides is 1. The highest BCUT2D eigenvalue weighted by Crippen LogP contribution is 2.29. The molecule has 0 aliphatic carbocycles. The highest BCUT2D eigenvalue weighted by molar-refractivity contribution is 6.10. The van der Waals surface area contributed by atoms with Gasteiger partial charge in [-0.15, -0.1) is 0 Å². The zero-order chi connectivity index (χ0) is 15.5. The first-order valence-electron chi connectivity index (χ1n) is 6.72. The Balaban J connectivity index is 1.99. The number of hydrogen-bond acceptors (Lipinski definition) is 3. The molecule has 22 heavy (non-hydrogen) atoms. The largest absolute Gasteiger partial charge is 0.506 e. The van der Waals surface area contributed by atoms with E-state index in [4.69, 9.17) is 5.26 Å². The Morgan fingerprint density at radius 2 is 1.73 bits per heavy atom. The third-order valence-corrected chi connectivity index (χ3v) is 3.44. The Hall–Kier alpha value is -3.32. The summed E-state index contributed by atoms with van der Waals surface area (Å²) in [5.74, 6) is -0.518. The third kappa shape index (κ3) is 2.36. The van der Waals surface area contributed by atoms with Gasteiger partial charge in [-0.3, -0.25) is 4.79 Å². The maximum absolute atomic E-state index is 12.4. The summed E-state index contributed by atoms with van der Waals surface area (Å²) in [5, 5.41) is 23.5. The number of phenolic OH excluding ortho intramolecular Hbond substituents is 1. The van der Waals surface area contributed by atoms with Gasteiger partial charge in [-0.05, 0) is 23.6 Å². The van der Waals surface area contributed by atoms with E-state index in [0.29, 0.717) is 16.6 Å². The molecular weight excluding hydrogens is 276 g/mol. The molecule has 1 amide bonds. The first-order chi connectivity index (χ1) is 10.7. The molecule has 0 aromatic heterocycles. The second-order valence-corrected chi connectivity index (χ2v) is 4.79. The summed E-state index contributed by atoms with van der Waals surface area (Å²) in [4.78, 5) is 12.4. The summed E-state index contributed by atoms with van der Waals surface area (Å²) in [5.41, 5.74) is 0.963. The fourth-order valence-electron chi connectivity index (χ4n) is 2.32. The number of nitrogens with one attached hydrogen (secondary N) is 1. The van der Waals surface area contributed by atoms with Gasteiger partial charge in [-0.1, -0.05) is 42.5 Å². The average Bonchev–Trinajstić information content (AvgIpc) is 2.56. The highest BCUT2D eigenvalue weighted by Gasteiger charge is 2.15. The smallest absolute Gasteiger partial charge is 0.259 e. The zero-order valence-electron chi connectivity index (χ0n) is 11.6. The Bertz CT molecular complexity index is 910. The van der Waals surface area contributed by atoms with E-state index in [-0.39, 0.29) is 11.3 Å². The fraction of sp³-hybridized carbons (Fsp3) is 0. The van der Waals surface area contributed by atoms with Crippen LogP contribution in [0, 0.1) is 11.3 Å². The second-order valence-electron chi connectivity index (χ2n) is 4.79. The van der Waals surface area contributed by atoms with Crippen LogP contribution in [0.2, 0.25) is 0 Å². The molecule has 0 atom stereocenters. The quantitative estimate of drug-likeness (QED) is 0.755. The van der Waals surface area contributed by atoms with E-state index in [0.717, 1.165) is 5.39 Å². The van der Waals surface area contributed by atoms with Gasteiger partial charge in [0.05, 0.1) is 16.8 Å². The van der Waals surface area contributed by atoms with Gasteiger partial charge in [0, 0.05) is 5.39 Å². The van der Waals surface area contributed by atoms with E-state index in [9.17, 15) is 9.90 Å². The molecule has 0 aliphatic rings. The molecule has 0 aliphatic heterocycles. The molecule has 0 spiro atoms. The predicted molar refractivity (Wildman–Crippen MR) is 84.7 cm³/mol. The number of rotatable bonds is 2. The highest BCUT2D eigenvalue weighted by atomic mass is 16.3. The average molecular weight is 288 g/mol. The molecule has 3 aromatic rings. The van der Waals surface area contributed by atoms with E-state index in [2.05, 4.69) is 5.32 Å². The molecule has 0 fully saturated rings. The number of nitriles is 1. The van der Waals surface area contributed by atoms with Crippen LogP contribution in [0.3, 0.4) is 0 Å². The van der Waals surface area contributed by atoms with Crippen molar-refractivity contribution in [1.82, 2.24) is 0 Å². The van der Waals surface area contributed by atoms with Gasteiger partial charge >= 0.3 is 0 Å². The number of aromatic hydroxyl groups is 1. The summed E-state index contributed by atoms with van der Waals surface area (Å²) in [6.45, 7) is 0. The topological polar surface area (TPSA) is 73.1 Å². The van der Waals surface area contributed by atoms with Crippen LogP contribution in [0.15, 0.2) is 60.7 Å². The first-order valence-corrected chi connectivity index (χ1v) is 6.72. The van der Waals surface area contributed by atoms with Crippen LogP contribution in [0.4, 0.5) is 5.69 Å². The van der Waals surface area contributed by atoms with E-state index < -0.39 is 5.91 Å². The van der Waals surface area contributed by atoms with Crippen molar-refractivity contribution in [2.45, 2.75) is 0 Å². The molecule has 0 unspecified atom stereocenters. The normalized spacial score (nSPS) is 10.1. The van der Waals surface area contributed by atoms with Crippen molar-refractivity contribution in [1.29, 1.82) is 5.26 Å². The second kappa shape index (κ2) is 5.58. The van der Waals surface area contributed by atoms with Crippen LogP contribution in [0.25, 0.3) is 10.8 Å². The fourth-order valence-corrected chi connectivity index (χ4v) is 2.32. The molecule has 3 aromatic carbocycles. The van der Waals surface area contributed by atoms with Crippen molar-refractivity contribution < 1.29 is 9.90 Å². The SMILES string of the molecule is N#Cc1ccccc1NC(=O)c1ccc2ccccc2c1O. The van der Waals surface area contributed by atoms with Crippen molar-refractivity contribution in [3.05, 3.63) is 71.8 Å². The minimum Gasteiger partial charge on any atom is -0.506 e. The molecule has 0 saturated carbocycles. The maximum atomic E-state index is 12.4. The van der Waals surface area contributed by atoms with Crippen LogP contribution in [-0.2, 0) is 0 Å². The standard InChI is InChI=1S/C18H12N2O2/c19-11-13-6-2-4-8-16(13)20-18(22)15-10-9-12-5-1-3-7-14(12)17(15)21/h1-10,21H,(H,20,22). The summed E-state index contributed by atoms with van der Waals surface area (Å²) in [6, 6.07) is 19.4. The lowest BCUT2D eigenvalue weighted by atomic mass is 10.0. The number of hydrogen-bond donors (Lipinski definition) is 2. The number of fused-ring (bicyclic) bond motifs is 1. The van der Waals surface area contributed by atoms with Gasteiger partial charge in [0.1, 0.15) is 11.8 Å². The van der Waals surface area contributed by atoms with Crippen LogP contribution < -0.4 is 5.32 Å². The zero-order valence-corrected chi connectivity index (χ0v) is 11.6. The molecule has 106 valence electrons. The Morgan fingerprint density at radius 1 is 1.00 bits per heavy atom. The summed E-state index contributed by atoms with van der Waals surface area (Å²) in [6.07, 6.45) is 0. The molecule has 0 bridgehead atoms. The van der Waals surface area contributed by atoms with Crippen LogP contribution in [0.1, 0.15) is 15.9 Å². The number of benzene rings is 3. The van der Waals surface area contributed by atoms with Gasteiger partial charge in [-0.2, -0.15) is 5.26 Å². The van der Waals surface area contributed by atoms with Gasteiger partial charge in [0.2, 0.25) is 0 Å². The van der Waals surface area contributed by atoms with E-state index in [1.54, 1.807) is 48.5 Å². The molecule has 3 rings (SSSR count). The van der Waals surface area contributed by atoms with Crippen LogP contribution >= 0.6 is 0 Å². The molecule has 4 nitrogen and oxygen atoms in total. The van der Waals surface area contributed by atoms with Crippen molar-refractivity contribution in [2.24, 2.45) is 0 Å². The minimum absolute atomic E-state index is 0.0648. The van der Waals surface area contributed by atoms with Gasteiger partial charge in [-0.25, -0.2) is 0 Å². The first kappa shape index (κ1) is 13.7. The molecule has 4 heteroatoms. The van der Waals surface area contributed by atoms with Crippen molar-refractivity contribution >= 4 is 22.4 Å². The Labute approximate surface area is 127 Å². The molecule has 2 N–H and O–H groups in total. The number of para-hydroxylation sites is 1. The number of anilines is 1. The van der Waals surface area contributed by atoms with Gasteiger partial charge in [0.15, 0.2) is 0 Å². The monoisotopic (exact) mass is 288 g/mol. The number of phenols is 1. The van der Waals surface area contributed by atoms with Crippen LogP contribution in [0.5, 0.6) is 5.75 Å². The van der Waals surface area contributed by atoms with Gasteiger partial charge < -0.3 is 10.4 Å². The summed E-state index contributed by atoms with van der Waals surface area (Å²) < 4.78 is 0. The van der Waals surface area contributed by atoms with Gasteiger partial charge in [0.25, 0.3) is 5.91 Å². The molecule has 0 heterocycles. The van der Waals surface area contributed by atoms with E-state index in [1.807, 2.05) is 18.2 Å². The lowest BCUT2D eigenvalue weighted by Gasteiger charge is -2.10. The number of carbonyl (C=O) groups is 1. The van der Waals surface area contributed by atoms with E-state index >= 15 is 0 Å². The number of carbonyl (C=O) groups excluding carboxylic acids is 1. The van der Waals surface area contributed by atoms with Crippen molar-refractivity contribution in [2.75, 3.05) is 5.32 Å². The third-order valence-electron chi connectivity index (χ3n) is 3.44. The molecular formula is C18H12N2O2. The van der Waals surface area contributed by atoms with Crippen molar-refractivity contribution in [3.63, 3.8) is 0 Å². The Kier molecular flexibility index (Phi) is 3.47. The maximum Gasteiger partial charge on any atom is 0.259 e. The summed E-state index contributed by atoms with van der Waals surface area (Å²) >= 11 is 0. The lowest BCUT2D eigenvalue weighted by Crippen LogP contribution is -2.13. The summed E-state index contributed by atoms with van der Waals surface area (Å²) in [7, 11) is 0. The van der Waals surface area contributed by atoms with Crippen molar-refractivity contribution in [3.8, 4) is 11.8 Å². The van der Waals surface area contributed by atoms with Crippen LogP contribution in [-0.4, -0.2) is 11.0 Å². The predicted octanol–water partition coefficient (Wildman–Crippen LogP) is 3.67. The van der Waals surface area contributed by atoms with E-state index in [1.165, 1.54) is 0 Å².